The summed E-state index contributed by atoms with van der Waals surface area (Å²) in [7, 11) is -3.13. The molecular formula is C13H21O3P. The molecule has 0 fully saturated rings. The fraction of sp³-hybridized carbons (Fsp3) is 0.538. The Morgan fingerprint density at radius 3 is 2.18 bits per heavy atom. The fourth-order valence-electron chi connectivity index (χ4n) is 1.41. The molecule has 0 aromatic heterocycles. The van der Waals surface area contributed by atoms with E-state index in [1.54, 1.807) is 6.07 Å². The predicted molar refractivity (Wildman–Crippen MR) is 70.9 cm³/mol. The van der Waals surface area contributed by atoms with E-state index in [1.807, 2.05) is 39.0 Å². The molecule has 0 amide bonds. The molecule has 0 atom stereocenters. The Balaban J connectivity index is 2.92. The van der Waals surface area contributed by atoms with Gasteiger partial charge >= 0.3 is 7.60 Å². The fourth-order valence-corrected chi connectivity index (χ4v) is 3.26. The van der Waals surface area contributed by atoms with Gasteiger partial charge in [-0.25, -0.2) is 0 Å². The second kappa shape index (κ2) is 6.95. The zero-order valence-electron chi connectivity index (χ0n) is 10.8. The molecule has 0 aliphatic rings. The van der Waals surface area contributed by atoms with Crippen LogP contribution in [-0.4, -0.2) is 13.2 Å². The van der Waals surface area contributed by atoms with E-state index in [0.29, 0.717) is 18.5 Å². The van der Waals surface area contributed by atoms with E-state index in [0.717, 1.165) is 18.4 Å². The van der Waals surface area contributed by atoms with Gasteiger partial charge in [0.25, 0.3) is 0 Å². The molecule has 3 nitrogen and oxygen atoms in total. The third kappa shape index (κ3) is 4.27. The lowest BCUT2D eigenvalue weighted by molar-refractivity contribution is 0.213. The highest BCUT2D eigenvalue weighted by Crippen LogP contribution is 2.47. The third-order valence-electron chi connectivity index (χ3n) is 2.25. The number of hydrogen-bond donors (Lipinski definition) is 0. The van der Waals surface area contributed by atoms with Crippen molar-refractivity contribution in [3.63, 3.8) is 0 Å². The molecule has 0 heterocycles. The Labute approximate surface area is 104 Å². The van der Waals surface area contributed by atoms with Crippen LogP contribution >= 0.6 is 7.60 Å². The maximum atomic E-state index is 12.6. The van der Waals surface area contributed by atoms with Gasteiger partial charge in [0.15, 0.2) is 0 Å². The molecule has 17 heavy (non-hydrogen) atoms. The molecule has 0 spiro atoms. The molecule has 0 unspecified atom stereocenters. The zero-order valence-corrected chi connectivity index (χ0v) is 11.7. The Bertz CT molecular complexity index is 378. The molecule has 0 bridgehead atoms. The second-order valence-corrected chi connectivity index (χ2v) is 6.03. The molecule has 4 heteroatoms. The minimum Gasteiger partial charge on any atom is -0.305 e. The van der Waals surface area contributed by atoms with Crippen LogP contribution in [0.25, 0.3) is 0 Å². The minimum atomic E-state index is -3.13. The average molecular weight is 256 g/mol. The summed E-state index contributed by atoms with van der Waals surface area (Å²) in [5.74, 6) is 0. The summed E-state index contributed by atoms with van der Waals surface area (Å²) in [5, 5.41) is 0.652. The Hall–Kier alpha value is -0.630. The van der Waals surface area contributed by atoms with Crippen molar-refractivity contribution in [3.8, 4) is 0 Å². The van der Waals surface area contributed by atoms with Crippen LogP contribution in [0.4, 0.5) is 0 Å². The maximum Gasteiger partial charge on any atom is 0.361 e. The summed E-state index contributed by atoms with van der Waals surface area (Å²) in [6.07, 6.45) is 1.65. The van der Waals surface area contributed by atoms with Crippen molar-refractivity contribution in [2.45, 2.75) is 33.6 Å². The first-order valence-electron chi connectivity index (χ1n) is 6.08. The van der Waals surface area contributed by atoms with E-state index in [9.17, 15) is 4.57 Å². The van der Waals surface area contributed by atoms with Crippen molar-refractivity contribution in [2.24, 2.45) is 0 Å². The van der Waals surface area contributed by atoms with Crippen LogP contribution in [0.1, 0.15) is 32.3 Å². The van der Waals surface area contributed by atoms with Gasteiger partial charge in [0.05, 0.1) is 18.5 Å². The summed E-state index contributed by atoms with van der Waals surface area (Å²) in [5.41, 5.74) is 1.06. The summed E-state index contributed by atoms with van der Waals surface area (Å²) in [6, 6.07) is 7.51. The molecular weight excluding hydrogens is 235 g/mol. The van der Waals surface area contributed by atoms with Crippen molar-refractivity contribution < 1.29 is 13.6 Å². The SMILES string of the molecule is CCCOP(=O)(OCCC)c1cccc(C)c1. The summed E-state index contributed by atoms with van der Waals surface area (Å²) < 4.78 is 23.6. The van der Waals surface area contributed by atoms with Gasteiger partial charge in [0.2, 0.25) is 0 Å². The largest absolute Gasteiger partial charge is 0.361 e. The van der Waals surface area contributed by atoms with E-state index >= 15 is 0 Å². The van der Waals surface area contributed by atoms with Crippen molar-refractivity contribution in [2.75, 3.05) is 13.2 Å². The summed E-state index contributed by atoms with van der Waals surface area (Å²) >= 11 is 0. The lowest BCUT2D eigenvalue weighted by atomic mass is 10.2. The van der Waals surface area contributed by atoms with Crippen LogP contribution in [0.2, 0.25) is 0 Å². The molecule has 1 aromatic rings. The number of benzene rings is 1. The van der Waals surface area contributed by atoms with Crippen LogP contribution in [0, 0.1) is 6.92 Å². The monoisotopic (exact) mass is 256 g/mol. The molecule has 96 valence electrons. The van der Waals surface area contributed by atoms with Gasteiger partial charge in [-0.3, -0.25) is 4.57 Å². The van der Waals surface area contributed by atoms with Crippen molar-refractivity contribution in [3.05, 3.63) is 29.8 Å². The molecule has 0 aliphatic carbocycles. The number of hydrogen-bond acceptors (Lipinski definition) is 3. The van der Waals surface area contributed by atoms with Crippen molar-refractivity contribution >= 4 is 12.9 Å². The quantitative estimate of drug-likeness (QED) is 0.698. The maximum absolute atomic E-state index is 12.6. The third-order valence-corrected chi connectivity index (χ3v) is 4.20. The molecule has 0 saturated heterocycles. The van der Waals surface area contributed by atoms with E-state index in [-0.39, 0.29) is 0 Å². The summed E-state index contributed by atoms with van der Waals surface area (Å²) in [4.78, 5) is 0. The topological polar surface area (TPSA) is 35.5 Å². The lowest BCUT2D eigenvalue weighted by Crippen LogP contribution is -2.11. The Morgan fingerprint density at radius 1 is 1.12 bits per heavy atom. The summed E-state index contributed by atoms with van der Waals surface area (Å²) in [6.45, 7) is 6.85. The van der Waals surface area contributed by atoms with Gasteiger partial charge < -0.3 is 9.05 Å². The van der Waals surface area contributed by atoms with Crippen LogP contribution in [0.3, 0.4) is 0 Å². The van der Waals surface area contributed by atoms with Gasteiger partial charge in [0, 0.05) is 0 Å². The molecule has 0 N–H and O–H groups in total. The first-order valence-corrected chi connectivity index (χ1v) is 7.63. The minimum absolute atomic E-state index is 0.453. The average Bonchev–Trinajstić information content (AvgIpc) is 2.34. The Morgan fingerprint density at radius 2 is 1.71 bits per heavy atom. The van der Waals surface area contributed by atoms with E-state index in [1.165, 1.54) is 0 Å². The van der Waals surface area contributed by atoms with Gasteiger partial charge in [-0.15, -0.1) is 0 Å². The first-order chi connectivity index (χ1) is 8.12. The van der Waals surface area contributed by atoms with Gasteiger partial charge in [0.1, 0.15) is 0 Å². The highest BCUT2D eigenvalue weighted by Gasteiger charge is 2.26. The highest BCUT2D eigenvalue weighted by molar-refractivity contribution is 7.62. The molecule has 0 radical (unpaired) electrons. The number of rotatable bonds is 7. The van der Waals surface area contributed by atoms with Crippen molar-refractivity contribution in [1.29, 1.82) is 0 Å². The normalized spacial score (nSPS) is 11.7. The van der Waals surface area contributed by atoms with Crippen molar-refractivity contribution in [1.82, 2.24) is 0 Å². The smallest absolute Gasteiger partial charge is 0.305 e. The van der Waals surface area contributed by atoms with E-state index in [2.05, 4.69) is 0 Å². The predicted octanol–water partition coefficient (Wildman–Crippen LogP) is 3.67. The standard InChI is InChI=1S/C13H21O3P/c1-4-9-15-17(14,16-10-5-2)13-8-6-7-12(3)11-13/h6-8,11H,4-5,9-10H2,1-3H3. The second-order valence-electron chi connectivity index (χ2n) is 4.00. The molecule has 1 rings (SSSR count). The van der Waals surface area contributed by atoms with Crippen LogP contribution in [0.5, 0.6) is 0 Å². The van der Waals surface area contributed by atoms with Crippen LogP contribution < -0.4 is 5.30 Å². The van der Waals surface area contributed by atoms with Gasteiger partial charge in [-0.1, -0.05) is 31.5 Å². The number of aryl methyl sites for hydroxylation is 1. The van der Waals surface area contributed by atoms with Gasteiger partial charge in [-0.05, 0) is 31.9 Å². The van der Waals surface area contributed by atoms with Gasteiger partial charge in [-0.2, -0.15) is 0 Å². The Kier molecular flexibility index (Phi) is 5.90. The van der Waals surface area contributed by atoms with Crippen LogP contribution in [-0.2, 0) is 13.6 Å². The zero-order chi connectivity index (χ0) is 12.7. The van der Waals surface area contributed by atoms with E-state index in [4.69, 9.17) is 9.05 Å². The van der Waals surface area contributed by atoms with Crippen LogP contribution in [0.15, 0.2) is 24.3 Å². The first kappa shape index (κ1) is 14.4. The lowest BCUT2D eigenvalue weighted by Gasteiger charge is -2.18. The molecule has 1 aromatic carbocycles. The molecule has 0 aliphatic heterocycles. The molecule has 0 saturated carbocycles. The van der Waals surface area contributed by atoms with E-state index < -0.39 is 7.60 Å². The highest BCUT2D eigenvalue weighted by atomic mass is 31.2.